The molecule has 1 heteroatoms. The summed E-state index contributed by atoms with van der Waals surface area (Å²) < 4.78 is 1.13. The van der Waals surface area contributed by atoms with E-state index in [9.17, 15) is 0 Å². The maximum absolute atomic E-state index is 3.47. The van der Waals surface area contributed by atoms with Crippen LogP contribution in [0.25, 0.3) is 6.08 Å². The Balaban J connectivity index is 2.05. The zero-order valence-corrected chi connectivity index (χ0v) is 10.3. The zero-order valence-electron chi connectivity index (χ0n) is 8.73. The first-order valence-electron chi connectivity index (χ1n) is 5.37. The fraction of sp³-hybridized carbons (Fsp3) is 0.0667. The maximum Gasteiger partial charge on any atom is 0.0278 e. The van der Waals surface area contributed by atoms with Gasteiger partial charge in [0.2, 0.25) is 0 Å². The van der Waals surface area contributed by atoms with Crippen molar-refractivity contribution in [1.82, 2.24) is 0 Å². The predicted octanol–water partition coefficient (Wildman–Crippen LogP) is 4.61. The summed E-state index contributed by atoms with van der Waals surface area (Å²) in [5.41, 5.74) is 4.10. The minimum Gasteiger partial charge on any atom is -0.0720 e. The quantitative estimate of drug-likeness (QED) is 0.710. The van der Waals surface area contributed by atoms with Gasteiger partial charge in [-0.05, 0) is 28.8 Å². The van der Waals surface area contributed by atoms with Gasteiger partial charge in [-0.1, -0.05) is 64.5 Å². The Morgan fingerprint density at radius 2 is 1.62 bits per heavy atom. The third-order valence-electron chi connectivity index (χ3n) is 3.03. The van der Waals surface area contributed by atoms with Gasteiger partial charge in [-0.15, -0.1) is 0 Å². The van der Waals surface area contributed by atoms with Crippen molar-refractivity contribution in [1.29, 1.82) is 0 Å². The molecule has 0 heterocycles. The van der Waals surface area contributed by atoms with E-state index >= 15 is 0 Å². The SMILES string of the molecule is Brc1ccc(C2C=Cc3ccccc32)cc1. The summed E-state index contributed by atoms with van der Waals surface area (Å²) >= 11 is 3.47. The summed E-state index contributed by atoms with van der Waals surface area (Å²) in [5, 5.41) is 0. The molecule has 0 aliphatic heterocycles. The second-order valence-electron chi connectivity index (χ2n) is 4.02. The highest BCUT2D eigenvalue weighted by molar-refractivity contribution is 9.10. The fourth-order valence-electron chi connectivity index (χ4n) is 2.21. The molecule has 1 aliphatic carbocycles. The minimum atomic E-state index is 0.421. The van der Waals surface area contributed by atoms with Gasteiger partial charge in [0.05, 0.1) is 0 Å². The molecule has 0 N–H and O–H groups in total. The van der Waals surface area contributed by atoms with Crippen molar-refractivity contribution in [2.45, 2.75) is 5.92 Å². The van der Waals surface area contributed by atoms with Crippen molar-refractivity contribution < 1.29 is 0 Å². The first-order valence-corrected chi connectivity index (χ1v) is 6.16. The summed E-state index contributed by atoms with van der Waals surface area (Å²) in [5.74, 6) is 0.421. The lowest BCUT2D eigenvalue weighted by molar-refractivity contribution is 1.05. The zero-order chi connectivity index (χ0) is 11.0. The molecule has 0 saturated heterocycles. The summed E-state index contributed by atoms with van der Waals surface area (Å²) in [6.45, 7) is 0. The molecule has 3 rings (SSSR count). The monoisotopic (exact) mass is 270 g/mol. The highest BCUT2D eigenvalue weighted by Crippen LogP contribution is 2.35. The van der Waals surface area contributed by atoms with Crippen LogP contribution in [0.5, 0.6) is 0 Å². The van der Waals surface area contributed by atoms with Crippen LogP contribution < -0.4 is 0 Å². The number of benzene rings is 2. The molecule has 0 fully saturated rings. The van der Waals surface area contributed by atoms with Crippen LogP contribution in [0.1, 0.15) is 22.6 Å². The largest absolute Gasteiger partial charge is 0.0720 e. The molecular weight excluding hydrogens is 260 g/mol. The molecule has 16 heavy (non-hydrogen) atoms. The minimum absolute atomic E-state index is 0.421. The lowest BCUT2D eigenvalue weighted by Gasteiger charge is -2.11. The van der Waals surface area contributed by atoms with Crippen molar-refractivity contribution in [3.8, 4) is 0 Å². The summed E-state index contributed by atoms with van der Waals surface area (Å²) in [6, 6.07) is 17.1. The van der Waals surface area contributed by atoms with E-state index in [4.69, 9.17) is 0 Å². The van der Waals surface area contributed by atoms with Crippen molar-refractivity contribution in [2.24, 2.45) is 0 Å². The second-order valence-corrected chi connectivity index (χ2v) is 4.93. The number of allylic oxidation sites excluding steroid dienone is 1. The Morgan fingerprint density at radius 1 is 0.875 bits per heavy atom. The second kappa shape index (κ2) is 3.91. The van der Waals surface area contributed by atoms with E-state index in [1.54, 1.807) is 0 Å². The molecule has 0 amide bonds. The van der Waals surface area contributed by atoms with E-state index in [1.807, 2.05) is 0 Å². The first-order chi connectivity index (χ1) is 7.84. The van der Waals surface area contributed by atoms with Crippen LogP contribution in [0.15, 0.2) is 59.1 Å². The third kappa shape index (κ3) is 1.61. The Morgan fingerprint density at radius 3 is 2.44 bits per heavy atom. The average Bonchev–Trinajstić information content (AvgIpc) is 2.74. The van der Waals surface area contributed by atoms with E-state index in [2.05, 4.69) is 76.6 Å². The van der Waals surface area contributed by atoms with Crippen molar-refractivity contribution in [3.63, 3.8) is 0 Å². The molecule has 1 aliphatic rings. The molecule has 2 aromatic rings. The first kappa shape index (κ1) is 9.86. The highest BCUT2D eigenvalue weighted by Gasteiger charge is 2.17. The smallest absolute Gasteiger partial charge is 0.0278 e. The number of hydrogen-bond acceptors (Lipinski definition) is 0. The van der Waals surface area contributed by atoms with Crippen LogP contribution in [0.3, 0.4) is 0 Å². The van der Waals surface area contributed by atoms with E-state index in [0.29, 0.717) is 5.92 Å². The molecule has 0 aromatic heterocycles. The normalized spacial score (nSPS) is 17.4. The highest BCUT2D eigenvalue weighted by atomic mass is 79.9. The number of hydrogen-bond donors (Lipinski definition) is 0. The Kier molecular flexibility index (Phi) is 2.41. The van der Waals surface area contributed by atoms with Gasteiger partial charge in [0.1, 0.15) is 0 Å². The number of fused-ring (bicyclic) bond motifs is 1. The van der Waals surface area contributed by atoms with Gasteiger partial charge < -0.3 is 0 Å². The summed E-state index contributed by atoms with van der Waals surface area (Å²) in [7, 11) is 0. The van der Waals surface area contributed by atoms with Gasteiger partial charge in [0.15, 0.2) is 0 Å². The Hall–Kier alpha value is -1.34. The van der Waals surface area contributed by atoms with Crippen molar-refractivity contribution >= 4 is 22.0 Å². The van der Waals surface area contributed by atoms with Crippen LogP contribution in [0.4, 0.5) is 0 Å². The molecule has 0 spiro atoms. The van der Waals surface area contributed by atoms with Crippen LogP contribution >= 0.6 is 15.9 Å². The van der Waals surface area contributed by atoms with E-state index < -0.39 is 0 Å². The molecule has 1 unspecified atom stereocenters. The fourth-order valence-corrected chi connectivity index (χ4v) is 2.47. The van der Waals surface area contributed by atoms with Gasteiger partial charge >= 0.3 is 0 Å². The number of halogens is 1. The molecule has 0 saturated carbocycles. The van der Waals surface area contributed by atoms with Crippen LogP contribution in [-0.4, -0.2) is 0 Å². The Labute approximate surface area is 104 Å². The molecule has 0 radical (unpaired) electrons. The van der Waals surface area contributed by atoms with Gasteiger partial charge in [-0.2, -0.15) is 0 Å². The van der Waals surface area contributed by atoms with Crippen molar-refractivity contribution in [2.75, 3.05) is 0 Å². The molecule has 0 nitrogen and oxygen atoms in total. The van der Waals surface area contributed by atoms with Gasteiger partial charge in [-0.3, -0.25) is 0 Å². The van der Waals surface area contributed by atoms with E-state index in [-0.39, 0.29) is 0 Å². The topological polar surface area (TPSA) is 0 Å². The predicted molar refractivity (Wildman–Crippen MR) is 71.5 cm³/mol. The van der Waals surface area contributed by atoms with Crippen LogP contribution in [0.2, 0.25) is 0 Å². The lowest BCUT2D eigenvalue weighted by Crippen LogP contribution is -1.94. The van der Waals surface area contributed by atoms with Crippen LogP contribution in [-0.2, 0) is 0 Å². The molecular formula is C15H11Br. The van der Waals surface area contributed by atoms with Gasteiger partial charge in [0, 0.05) is 10.4 Å². The van der Waals surface area contributed by atoms with Gasteiger partial charge in [-0.25, -0.2) is 0 Å². The summed E-state index contributed by atoms with van der Waals surface area (Å²) in [6.07, 6.45) is 4.48. The van der Waals surface area contributed by atoms with Gasteiger partial charge in [0.25, 0.3) is 0 Å². The number of rotatable bonds is 1. The van der Waals surface area contributed by atoms with E-state index in [0.717, 1.165) is 4.47 Å². The van der Waals surface area contributed by atoms with Crippen molar-refractivity contribution in [3.05, 3.63) is 75.8 Å². The van der Waals surface area contributed by atoms with E-state index in [1.165, 1.54) is 16.7 Å². The molecule has 0 bridgehead atoms. The summed E-state index contributed by atoms with van der Waals surface area (Å²) in [4.78, 5) is 0. The lowest BCUT2D eigenvalue weighted by atomic mass is 9.93. The maximum atomic E-state index is 3.47. The standard InChI is InChI=1S/C15H11Br/c16-13-8-5-12(6-9-13)15-10-7-11-3-1-2-4-14(11)15/h1-10,15H. The molecule has 2 aromatic carbocycles. The molecule has 78 valence electrons. The Bertz CT molecular complexity index is 538. The molecule has 1 atom stereocenters. The van der Waals surface area contributed by atoms with Crippen LogP contribution in [0, 0.1) is 0 Å². The third-order valence-corrected chi connectivity index (χ3v) is 3.56. The average molecular weight is 271 g/mol.